The van der Waals surface area contributed by atoms with Crippen LogP contribution in [0.3, 0.4) is 0 Å². The number of anilines is 1. The fraction of sp³-hybridized carbons (Fsp3) is 0.500. The molecule has 0 unspecified atom stereocenters. The summed E-state index contributed by atoms with van der Waals surface area (Å²) < 4.78 is 1.62. The van der Waals surface area contributed by atoms with Gasteiger partial charge in [0.2, 0.25) is 0 Å². The van der Waals surface area contributed by atoms with Gasteiger partial charge in [-0.1, -0.05) is 12.1 Å². The summed E-state index contributed by atoms with van der Waals surface area (Å²) in [4.78, 5) is 18.0. The van der Waals surface area contributed by atoms with E-state index in [1.54, 1.807) is 22.7 Å². The maximum absolute atomic E-state index is 13.1. The Morgan fingerprint density at radius 3 is 2.34 bits per heavy atom. The van der Waals surface area contributed by atoms with Crippen LogP contribution in [-0.2, 0) is 0 Å². The zero-order valence-electron chi connectivity index (χ0n) is 18.1. The van der Waals surface area contributed by atoms with Crippen LogP contribution in [0.2, 0.25) is 0 Å². The molecular formula is C26H27N5O. The third-order valence-corrected chi connectivity index (χ3v) is 8.48. The van der Waals surface area contributed by atoms with Crippen LogP contribution >= 0.6 is 0 Å². The lowest BCUT2D eigenvalue weighted by atomic mass is 9.54. The van der Waals surface area contributed by atoms with Gasteiger partial charge in [-0.3, -0.25) is 9.89 Å². The molecule has 4 bridgehead atoms. The number of rotatable bonds is 4. The summed E-state index contributed by atoms with van der Waals surface area (Å²) in [5.74, 6) is 3.87. The van der Waals surface area contributed by atoms with Gasteiger partial charge in [0.1, 0.15) is 5.69 Å². The number of benzene rings is 1. The molecule has 1 aromatic carbocycles. The maximum atomic E-state index is 13.1. The van der Waals surface area contributed by atoms with E-state index in [4.69, 9.17) is 10.2 Å². The minimum atomic E-state index is -0.0885. The molecule has 3 aromatic rings. The molecule has 0 atom stereocenters. The molecule has 2 aromatic heterocycles. The van der Waals surface area contributed by atoms with E-state index in [0.717, 1.165) is 40.6 Å². The van der Waals surface area contributed by atoms with Gasteiger partial charge in [0.25, 0.3) is 5.56 Å². The highest BCUT2D eigenvalue weighted by Gasteiger charge is 2.48. The van der Waals surface area contributed by atoms with E-state index < -0.39 is 0 Å². The van der Waals surface area contributed by atoms with E-state index in [-0.39, 0.29) is 5.56 Å². The van der Waals surface area contributed by atoms with Gasteiger partial charge in [-0.05, 0) is 80.8 Å². The van der Waals surface area contributed by atoms with Crippen LogP contribution in [0.5, 0.6) is 0 Å². The van der Waals surface area contributed by atoms with Crippen molar-refractivity contribution >= 4 is 11.3 Å². The van der Waals surface area contributed by atoms with Crippen LogP contribution in [0.15, 0.2) is 35.1 Å². The van der Waals surface area contributed by atoms with Crippen molar-refractivity contribution in [2.75, 3.05) is 5.32 Å². The number of aromatic amines is 1. The molecule has 6 nitrogen and oxygen atoms in total. The predicted octanol–water partition coefficient (Wildman–Crippen LogP) is 4.68. The normalized spacial score (nSPS) is 30.5. The zero-order valence-corrected chi connectivity index (χ0v) is 18.1. The van der Waals surface area contributed by atoms with Crippen molar-refractivity contribution in [1.82, 2.24) is 14.6 Å². The number of fused-ring (bicyclic) bond motifs is 1. The number of nitrogens with one attached hydrogen (secondary N) is 2. The predicted molar refractivity (Wildman–Crippen MR) is 122 cm³/mol. The average Bonchev–Trinajstić information content (AvgIpc) is 3.57. The lowest BCUT2D eigenvalue weighted by Gasteiger charge is -2.54. The van der Waals surface area contributed by atoms with Crippen molar-refractivity contribution in [3.8, 4) is 17.3 Å². The molecule has 32 heavy (non-hydrogen) atoms. The Balaban J connectivity index is 1.32. The third-order valence-electron chi connectivity index (χ3n) is 8.48. The summed E-state index contributed by atoms with van der Waals surface area (Å²) >= 11 is 0. The molecule has 0 saturated heterocycles. The van der Waals surface area contributed by atoms with E-state index in [9.17, 15) is 4.79 Å². The second-order valence-electron chi connectivity index (χ2n) is 10.6. The number of H-pyrrole nitrogens is 1. The lowest BCUT2D eigenvalue weighted by molar-refractivity contribution is 0.00755. The first-order chi connectivity index (χ1) is 15.7. The number of aromatic nitrogens is 3. The van der Waals surface area contributed by atoms with Crippen LogP contribution in [0.4, 0.5) is 5.69 Å². The molecule has 162 valence electrons. The van der Waals surface area contributed by atoms with Crippen LogP contribution in [-0.4, -0.2) is 20.6 Å². The second kappa shape index (κ2) is 6.71. The van der Waals surface area contributed by atoms with E-state index >= 15 is 0 Å². The van der Waals surface area contributed by atoms with Crippen LogP contribution < -0.4 is 10.9 Å². The molecule has 0 spiro atoms. The van der Waals surface area contributed by atoms with Gasteiger partial charge >= 0.3 is 0 Å². The summed E-state index contributed by atoms with van der Waals surface area (Å²) in [6.07, 6.45) is 9.21. The van der Waals surface area contributed by atoms with Crippen LogP contribution in [0.25, 0.3) is 16.9 Å². The van der Waals surface area contributed by atoms with Crippen molar-refractivity contribution in [3.05, 3.63) is 51.9 Å². The van der Waals surface area contributed by atoms with Crippen LogP contribution in [0.1, 0.15) is 62.1 Å². The Morgan fingerprint density at radius 1 is 1.03 bits per heavy atom. The quantitative estimate of drug-likeness (QED) is 0.636. The minimum Gasteiger partial charge on any atom is -0.377 e. The summed E-state index contributed by atoms with van der Waals surface area (Å²) in [5.41, 5.74) is 4.96. The van der Waals surface area contributed by atoms with Gasteiger partial charge in [-0.25, -0.2) is 4.98 Å². The Hall–Kier alpha value is -3.07. The standard InChI is InChI=1S/C26H27N5O/c27-13-14-1-3-17(4-2-14)21-12-22(32)31-26(28-21)25(24(30-31)18-5-6-18)29-23-19-8-15-7-16(10-19)11-20(23)9-15/h1-4,12,15-16,18-20,23,29-30H,5-11H2. The molecule has 5 aliphatic rings. The largest absolute Gasteiger partial charge is 0.377 e. The van der Waals surface area contributed by atoms with E-state index in [1.165, 1.54) is 44.9 Å². The SMILES string of the molecule is N#Cc1ccc(-c2cc(=O)n3[nH]c(C4CC4)c(NC4C5CC6CC(C5)CC4C6)c3n2)cc1. The number of nitriles is 1. The van der Waals surface area contributed by atoms with E-state index in [0.29, 0.717) is 28.9 Å². The van der Waals surface area contributed by atoms with Crippen molar-refractivity contribution in [3.63, 3.8) is 0 Å². The Labute approximate surface area is 186 Å². The molecule has 2 heterocycles. The number of hydrogen-bond donors (Lipinski definition) is 2. The Bertz CT molecular complexity index is 1280. The molecule has 6 heteroatoms. The highest BCUT2D eigenvalue weighted by Crippen LogP contribution is 2.55. The van der Waals surface area contributed by atoms with Gasteiger partial charge in [0.05, 0.1) is 23.0 Å². The molecular weight excluding hydrogens is 398 g/mol. The molecule has 8 rings (SSSR count). The lowest BCUT2D eigenvalue weighted by Crippen LogP contribution is -2.51. The first kappa shape index (κ1) is 18.5. The average molecular weight is 426 g/mol. The highest BCUT2D eigenvalue weighted by atomic mass is 16.1. The minimum absolute atomic E-state index is 0.0885. The second-order valence-corrected chi connectivity index (χ2v) is 10.6. The molecule has 5 aliphatic carbocycles. The van der Waals surface area contributed by atoms with Crippen LogP contribution in [0, 0.1) is 35.0 Å². The molecule has 5 fully saturated rings. The van der Waals surface area contributed by atoms with Gasteiger partial charge in [-0.2, -0.15) is 9.78 Å². The molecule has 0 radical (unpaired) electrons. The molecule has 0 amide bonds. The first-order valence-electron chi connectivity index (χ1n) is 12.1. The zero-order chi connectivity index (χ0) is 21.4. The fourth-order valence-electron chi connectivity index (χ4n) is 7.06. The molecule has 0 aliphatic heterocycles. The Morgan fingerprint density at radius 2 is 1.72 bits per heavy atom. The number of hydrogen-bond acceptors (Lipinski definition) is 4. The number of nitrogens with zero attached hydrogens (tertiary/aromatic N) is 3. The van der Waals surface area contributed by atoms with Crippen molar-refractivity contribution in [1.29, 1.82) is 5.26 Å². The van der Waals surface area contributed by atoms with Gasteiger partial charge < -0.3 is 5.32 Å². The summed E-state index contributed by atoms with van der Waals surface area (Å²) in [7, 11) is 0. The molecule has 5 saturated carbocycles. The highest BCUT2D eigenvalue weighted by molar-refractivity contribution is 5.75. The Kier molecular flexibility index (Phi) is 3.88. The smallest absolute Gasteiger partial charge is 0.273 e. The van der Waals surface area contributed by atoms with Crippen molar-refractivity contribution in [2.45, 2.75) is 56.9 Å². The summed E-state index contributed by atoms with van der Waals surface area (Å²) in [5, 5.41) is 16.5. The van der Waals surface area contributed by atoms with Gasteiger partial charge in [0, 0.05) is 23.6 Å². The van der Waals surface area contributed by atoms with Gasteiger partial charge in [-0.15, -0.1) is 0 Å². The van der Waals surface area contributed by atoms with E-state index in [2.05, 4.69) is 16.5 Å². The van der Waals surface area contributed by atoms with E-state index in [1.807, 2.05) is 12.1 Å². The monoisotopic (exact) mass is 425 g/mol. The third kappa shape index (κ3) is 2.83. The summed E-state index contributed by atoms with van der Waals surface area (Å²) in [6.45, 7) is 0. The molecule has 2 N–H and O–H groups in total. The topological polar surface area (TPSA) is 86.0 Å². The van der Waals surface area contributed by atoms with Gasteiger partial charge in [0.15, 0.2) is 5.65 Å². The summed E-state index contributed by atoms with van der Waals surface area (Å²) in [6, 6.07) is 11.5. The maximum Gasteiger partial charge on any atom is 0.273 e. The fourth-order valence-corrected chi connectivity index (χ4v) is 7.06. The van der Waals surface area contributed by atoms with Crippen molar-refractivity contribution in [2.24, 2.45) is 23.7 Å². The van der Waals surface area contributed by atoms with Crippen molar-refractivity contribution < 1.29 is 0 Å². The first-order valence-corrected chi connectivity index (χ1v) is 12.1.